The van der Waals surface area contributed by atoms with Gasteiger partial charge in [0.15, 0.2) is 0 Å². The summed E-state index contributed by atoms with van der Waals surface area (Å²) in [5, 5.41) is 11.1. The number of nitrogens with zero attached hydrogens (tertiary/aromatic N) is 3. The van der Waals surface area contributed by atoms with Crippen LogP contribution in [0.1, 0.15) is 52.7 Å². The Morgan fingerprint density at radius 2 is 2.19 bits per heavy atom. The first kappa shape index (κ1) is 15.9. The van der Waals surface area contributed by atoms with Crippen molar-refractivity contribution >= 4 is 5.91 Å². The highest BCUT2D eigenvalue weighted by atomic mass is 16.2. The molecular weight excluding hydrogens is 266 g/mol. The third-order valence-corrected chi connectivity index (χ3v) is 4.56. The quantitative estimate of drug-likeness (QED) is 0.879. The zero-order valence-corrected chi connectivity index (χ0v) is 13.5. The summed E-state index contributed by atoms with van der Waals surface area (Å²) in [6.07, 6.45) is 5.25. The van der Waals surface area contributed by atoms with E-state index in [0.717, 1.165) is 6.42 Å². The third-order valence-electron chi connectivity index (χ3n) is 4.56. The summed E-state index contributed by atoms with van der Waals surface area (Å²) in [6.45, 7) is 8.41. The van der Waals surface area contributed by atoms with Crippen LogP contribution in [0.5, 0.6) is 0 Å². The smallest absolute Gasteiger partial charge is 0.242 e. The van der Waals surface area contributed by atoms with Crippen LogP contribution < -0.4 is 11.1 Å². The number of nitrogens with one attached hydrogen (secondary N) is 1. The van der Waals surface area contributed by atoms with Crippen molar-refractivity contribution in [2.45, 2.75) is 65.1 Å². The van der Waals surface area contributed by atoms with E-state index in [0.29, 0.717) is 17.5 Å². The highest BCUT2D eigenvalue weighted by Gasteiger charge is 2.28. The summed E-state index contributed by atoms with van der Waals surface area (Å²) in [4.78, 5) is 12.2. The van der Waals surface area contributed by atoms with Gasteiger partial charge < -0.3 is 11.1 Å². The molecule has 1 saturated carbocycles. The van der Waals surface area contributed by atoms with Gasteiger partial charge in [0.2, 0.25) is 5.91 Å². The Balaban J connectivity index is 1.91. The fraction of sp³-hybridized carbons (Fsp3) is 0.800. The number of aromatic nitrogens is 3. The number of rotatable bonds is 4. The van der Waals surface area contributed by atoms with Gasteiger partial charge in [-0.2, -0.15) is 0 Å². The first-order chi connectivity index (χ1) is 9.77. The Kier molecular flexibility index (Phi) is 4.66. The molecule has 6 nitrogen and oxygen atoms in total. The number of nitrogens with two attached hydrogens (primary N) is 1. The summed E-state index contributed by atoms with van der Waals surface area (Å²) in [5.74, 6) is 1.18. The van der Waals surface area contributed by atoms with E-state index in [-0.39, 0.29) is 18.5 Å². The molecule has 1 aliphatic rings. The second-order valence-electron chi connectivity index (χ2n) is 6.96. The highest BCUT2D eigenvalue weighted by Crippen LogP contribution is 2.29. The van der Waals surface area contributed by atoms with Gasteiger partial charge in [-0.05, 0) is 32.1 Å². The van der Waals surface area contributed by atoms with Gasteiger partial charge in [-0.25, -0.2) is 4.68 Å². The average molecular weight is 293 g/mol. The molecule has 0 aromatic carbocycles. The summed E-state index contributed by atoms with van der Waals surface area (Å²) in [5.41, 5.74) is 6.12. The van der Waals surface area contributed by atoms with Crippen molar-refractivity contribution in [1.82, 2.24) is 20.3 Å². The summed E-state index contributed by atoms with van der Waals surface area (Å²) >= 11 is 0. The number of amides is 1. The minimum Gasteiger partial charge on any atom is -0.351 e. The normalized spacial score (nSPS) is 26.6. The standard InChI is InChI=1S/C15H27N5O/c1-10-6-5-7-12(11(10)2)17-14(21)9-20-8-13(18-19-20)15(3,4)16/h8,10-12H,5-7,9,16H2,1-4H3,(H,17,21). The molecule has 1 aromatic rings. The second kappa shape index (κ2) is 6.13. The summed E-state index contributed by atoms with van der Waals surface area (Å²) in [6, 6.07) is 0.273. The minimum absolute atomic E-state index is 0.00720. The number of carbonyl (C=O) groups excluding carboxylic acids is 1. The maximum atomic E-state index is 12.2. The van der Waals surface area contributed by atoms with E-state index < -0.39 is 5.54 Å². The van der Waals surface area contributed by atoms with Crippen molar-refractivity contribution in [2.75, 3.05) is 0 Å². The molecule has 0 saturated heterocycles. The van der Waals surface area contributed by atoms with Crippen LogP contribution >= 0.6 is 0 Å². The fourth-order valence-electron chi connectivity index (χ4n) is 2.86. The Labute approximate surface area is 126 Å². The molecule has 1 fully saturated rings. The van der Waals surface area contributed by atoms with Crippen LogP contribution in [0, 0.1) is 11.8 Å². The van der Waals surface area contributed by atoms with E-state index >= 15 is 0 Å². The van der Waals surface area contributed by atoms with Crippen LogP contribution in [0.25, 0.3) is 0 Å². The monoisotopic (exact) mass is 293 g/mol. The molecule has 3 N–H and O–H groups in total. The van der Waals surface area contributed by atoms with Crippen LogP contribution in [0.3, 0.4) is 0 Å². The predicted molar refractivity (Wildman–Crippen MR) is 81.3 cm³/mol. The fourth-order valence-corrected chi connectivity index (χ4v) is 2.86. The molecule has 3 unspecified atom stereocenters. The molecule has 0 spiro atoms. The van der Waals surface area contributed by atoms with Crippen molar-refractivity contribution in [3.63, 3.8) is 0 Å². The topological polar surface area (TPSA) is 85.8 Å². The zero-order valence-electron chi connectivity index (χ0n) is 13.5. The molecule has 6 heteroatoms. The van der Waals surface area contributed by atoms with Crippen LogP contribution in [0.4, 0.5) is 0 Å². The number of hydrogen-bond acceptors (Lipinski definition) is 4. The van der Waals surface area contributed by atoms with Crippen LogP contribution in [0.15, 0.2) is 6.20 Å². The zero-order chi connectivity index (χ0) is 15.6. The molecular formula is C15H27N5O. The van der Waals surface area contributed by atoms with E-state index in [1.807, 2.05) is 13.8 Å². The van der Waals surface area contributed by atoms with Gasteiger partial charge in [0.05, 0.1) is 11.7 Å². The maximum absolute atomic E-state index is 12.2. The van der Waals surface area contributed by atoms with Gasteiger partial charge in [0, 0.05) is 6.04 Å². The van der Waals surface area contributed by atoms with Crippen molar-refractivity contribution in [1.29, 1.82) is 0 Å². The lowest BCUT2D eigenvalue weighted by Gasteiger charge is -2.34. The van der Waals surface area contributed by atoms with Crippen molar-refractivity contribution in [3.05, 3.63) is 11.9 Å². The van der Waals surface area contributed by atoms with E-state index in [2.05, 4.69) is 29.5 Å². The van der Waals surface area contributed by atoms with E-state index in [4.69, 9.17) is 5.73 Å². The molecule has 1 amide bonds. The maximum Gasteiger partial charge on any atom is 0.242 e. The summed E-state index contributed by atoms with van der Waals surface area (Å²) in [7, 11) is 0. The summed E-state index contributed by atoms with van der Waals surface area (Å²) < 4.78 is 1.55. The van der Waals surface area contributed by atoms with E-state index in [1.54, 1.807) is 10.9 Å². The number of carbonyl (C=O) groups is 1. The molecule has 0 aliphatic heterocycles. The molecule has 21 heavy (non-hydrogen) atoms. The molecule has 1 heterocycles. The Hall–Kier alpha value is -1.43. The van der Waals surface area contributed by atoms with E-state index in [1.165, 1.54) is 12.8 Å². The van der Waals surface area contributed by atoms with Crippen LogP contribution in [0.2, 0.25) is 0 Å². The molecule has 1 aliphatic carbocycles. The molecule has 2 rings (SSSR count). The van der Waals surface area contributed by atoms with Gasteiger partial charge in [0.1, 0.15) is 12.2 Å². The average Bonchev–Trinajstić information content (AvgIpc) is 2.83. The lowest BCUT2D eigenvalue weighted by Crippen LogP contribution is -2.44. The number of hydrogen-bond donors (Lipinski definition) is 2. The van der Waals surface area contributed by atoms with Crippen LogP contribution in [-0.4, -0.2) is 26.9 Å². The molecule has 0 radical (unpaired) electrons. The van der Waals surface area contributed by atoms with Gasteiger partial charge in [-0.15, -0.1) is 5.10 Å². The SMILES string of the molecule is CC1CCCC(NC(=O)Cn2cc(C(C)(C)N)nn2)C1C. The Bertz CT molecular complexity index is 490. The van der Waals surface area contributed by atoms with Gasteiger partial charge in [-0.1, -0.05) is 31.9 Å². The minimum atomic E-state index is -0.540. The van der Waals surface area contributed by atoms with Crippen molar-refractivity contribution < 1.29 is 4.79 Å². The Morgan fingerprint density at radius 1 is 1.48 bits per heavy atom. The van der Waals surface area contributed by atoms with Gasteiger partial charge >= 0.3 is 0 Å². The molecule has 0 bridgehead atoms. The van der Waals surface area contributed by atoms with Gasteiger partial charge in [0.25, 0.3) is 0 Å². The highest BCUT2D eigenvalue weighted by molar-refractivity contribution is 5.76. The van der Waals surface area contributed by atoms with Crippen molar-refractivity contribution in [2.24, 2.45) is 17.6 Å². The van der Waals surface area contributed by atoms with Crippen LogP contribution in [-0.2, 0) is 16.9 Å². The van der Waals surface area contributed by atoms with Gasteiger partial charge in [-0.3, -0.25) is 4.79 Å². The van der Waals surface area contributed by atoms with E-state index in [9.17, 15) is 4.79 Å². The molecule has 118 valence electrons. The molecule has 3 atom stereocenters. The Morgan fingerprint density at radius 3 is 2.81 bits per heavy atom. The second-order valence-corrected chi connectivity index (χ2v) is 6.96. The van der Waals surface area contributed by atoms with Crippen molar-refractivity contribution in [3.8, 4) is 0 Å². The lowest BCUT2D eigenvalue weighted by atomic mass is 9.78. The first-order valence-corrected chi connectivity index (χ1v) is 7.76. The first-order valence-electron chi connectivity index (χ1n) is 7.76. The largest absolute Gasteiger partial charge is 0.351 e. The predicted octanol–water partition coefficient (Wildman–Crippen LogP) is 1.41. The molecule has 1 aromatic heterocycles. The lowest BCUT2D eigenvalue weighted by molar-refractivity contribution is -0.123. The third kappa shape index (κ3) is 4.03.